The van der Waals surface area contributed by atoms with Crippen LogP contribution in [0.15, 0.2) is 23.0 Å². The highest BCUT2D eigenvalue weighted by atomic mass is 19.1. The minimum Gasteiger partial charge on any atom is -0.338 e. The largest absolute Gasteiger partial charge is 0.340 e. The van der Waals surface area contributed by atoms with Crippen molar-refractivity contribution in [2.45, 2.75) is 25.7 Å². The highest BCUT2D eigenvalue weighted by Gasteiger charge is 2.28. The Hall–Kier alpha value is -2.44. The molecule has 1 saturated heterocycles. The summed E-state index contributed by atoms with van der Waals surface area (Å²) < 4.78 is 13.6. The molecule has 0 radical (unpaired) electrons. The number of H-pyrrole nitrogens is 2. The summed E-state index contributed by atoms with van der Waals surface area (Å²) in [4.78, 5) is 28.1. The molecule has 0 saturated carbocycles. The zero-order valence-electron chi connectivity index (χ0n) is 12.2. The Labute approximate surface area is 126 Å². The Kier molecular flexibility index (Phi) is 3.79. The molecule has 2 N–H and O–H groups in total. The number of hydrogen-bond acceptors (Lipinski definition) is 3. The number of amides is 1. The second kappa shape index (κ2) is 5.75. The van der Waals surface area contributed by atoms with Gasteiger partial charge in [-0.2, -0.15) is 5.10 Å². The average Bonchev–Trinajstić information content (AvgIpc) is 2.96. The maximum absolute atomic E-state index is 13.6. The molecular formula is C15H17FN4O2. The number of nitrogens with zero attached hydrogens (tertiary/aromatic N) is 2. The van der Waals surface area contributed by atoms with Crippen LogP contribution < -0.4 is 5.69 Å². The Morgan fingerprint density at radius 3 is 3.00 bits per heavy atom. The summed E-state index contributed by atoms with van der Waals surface area (Å²) in [6.45, 7) is 2.70. The highest BCUT2D eigenvalue weighted by Crippen LogP contribution is 2.25. The molecule has 1 aliphatic rings. The standard InChI is InChI=1S/C15H17FN4O2/c1-9-11(5-2-6-12(9)16)14(21)20-7-3-4-10(8-20)13-17-15(22)19-18-13/h2,5-6,10H,3-4,7-8H2,1H3,(H2,17,18,19,22). The molecule has 2 aromatic rings. The zero-order chi connectivity index (χ0) is 15.7. The number of halogens is 1. The lowest BCUT2D eigenvalue weighted by Gasteiger charge is -2.32. The number of hydrogen-bond donors (Lipinski definition) is 2. The second-order valence-electron chi connectivity index (χ2n) is 5.57. The molecule has 1 amide bonds. The van der Waals surface area contributed by atoms with Gasteiger partial charge in [-0.25, -0.2) is 14.3 Å². The van der Waals surface area contributed by atoms with Gasteiger partial charge >= 0.3 is 5.69 Å². The lowest BCUT2D eigenvalue weighted by Crippen LogP contribution is -2.39. The molecule has 1 aliphatic heterocycles. The SMILES string of the molecule is Cc1c(F)cccc1C(=O)N1CCCC(c2n[nH]c(=O)[nH]2)C1. The van der Waals surface area contributed by atoms with Crippen LogP contribution in [0.4, 0.5) is 4.39 Å². The Bertz CT molecular complexity index is 752. The number of carbonyl (C=O) groups excluding carboxylic acids is 1. The van der Waals surface area contributed by atoms with Crippen molar-refractivity contribution >= 4 is 5.91 Å². The van der Waals surface area contributed by atoms with Gasteiger partial charge in [0.2, 0.25) is 0 Å². The maximum atomic E-state index is 13.6. The zero-order valence-corrected chi connectivity index (χ0v) is 12.2. The molecule has 1 aromatic heterocycles. The van der Waals surface area contributed by atoms with Crippen LogP contribution in [0.5, 0.6) is 0 Å². The van der Waals surface area contributed by atoms with E-state index in [-0.39, 0.29) is 23.3 Å². The van der Waals surface area contributed by atoms with E-state index in [0.717, 1.165) is 12.8 Å². The third-order valence-electron chi connectivity index (χ3n) is 4.11. The molecule has 1 fully saturated rings. The van der Waals surface area contributed by atoms with E-state index in [4.69, 9.17) is 0 Å². The van der Waals surface area contributed by atoms with Crippen LogP contribution in [0.2, 0.25) is 0 Å². The summed E-state index contributed by atoms with van der Waals surface area (Å²) in [5.74, 6) is -0.000368. The predicted molar refractivity (Wildman–Crippen MR) is 78.2 cm³/mol. The van der Waals surface area contributed by atoms with Crippen molar-refractivity contribution in [3.8, 4) is 0 Å². The maximum Gasteiger partial charge on any atom is 0.340 e. The third kappa shape index (κ3) is 2.66. The predicted octanol–water partition coefficient (Wildman–Crippen LogP) is 1.57. The molecule has 3 rings (SSSR count). The second-order valence-corrected chi connectivity index (χ2v) is 5.57. The monoisotopic (exact) mass is 304 g/mol. The van der Waals surface area contributed by atoms with Gasteiger partial charge in [-0.15, -0.1) is 0 Å². The van der Waals surface area contributed by atoms with Gasteiger partial charge in [0.15, 0.2) is 0 Å². The van der Waals surface area contributed by atoms with Gasteiger partial charge in [0, 0.05) is 24.6 Å². The molecule has 0 spiro atoms. The quantitative estimate of drug-likeness (QED) is 0.883. The van der Waals surface area contributed by atoms with E-state index in [1.54, 1.807) is 24.0 Å². The van der Waals surface area contributed by atoms with Crippen LogP contribution >= 0.6 is 0 Å². The number of benzene rings is 1. The minimum atomic E-state index is -0.379. The van der Waals surface area contributed by atoms with E-state index in [2.05, 4.69) is 15.2 Å². The van der Waals surface area contributed by atoms with Crippen molar-refractivity contribution in [3.05, 3.63) is 51.5 Å². The van der Waals surface area contributed by atoms with Crippen molar-refractivity contribution < 1.29 is 9.18 Å². The fourth-order valence-electron chi connectivity index (χ4n) is 2.87. The van der Waals surface area contributed by atoms with Gasteiger partial charge in [0.25, 0.3) is 5.91 Å². The summed E-state index contributed by atoms with van der Waals surface area (Å²) >= 11 is 0. The lowest BCUT2D eigenvalue weighted by molar-refractivity contribution is 0.0703. The average molecular weight is 304 g/mol. The van der Waals surface area contributed by atoms with E-state index < -0.39 is 0 Å². The summed E-state index contributed by atoms with van der Waals surface area (Å²) in [7, 11) is 0. The van der Waals surface area contributed by atoms with Gasteiger partial charge in [-0.1, -0.05) is 6.07 Å². The normalized spacial score (nSPS) is 18.5. The Morgan fingerprint density at radius 2 is 2.27 bits per heavy atom. The first-order chi connectivity index (χ1) is 10.6. The smallest absolute Gasteiger partial charge is 0.338 e. The van der Waals surface area contributed by atoms with Crippen LogP contribution in [0.3, 0.4) is 0 Å². The first-order valence-electron chi connectivity index (χ1n) is 7.25. The van der Waals surface area contributed by atoms with Crippen molar-refractivity contribution in [1.29, 1.82) is 0 Å². The number of piperidine rings is 1. The first kappa shape index (κ1) is 14.5. The molecule has 0 bridgehead atoms. The van der Waals surface area contributed by atoms with Crippen molar-refractivity contribution in [2.24, 2.45) is 0 Å². The number of aromatic amines is 2. The molecule has 6 nitrogen and oxygen atoms in total. The van der Waals surface area contributed by atoms with E-state index in [0.29, 0.717) is 30.0 Å². The van der Waals surface area contributed by atoms with Crippen LogP contribution in [0, 0.1) is 12.7 Å². The van der Waals surface area contributed by atoms with E-state index in [1.807, 2.05) is 0 Å². The van der Waals surface area contributed by atoms with Gasteiger partial charge in [-0.3, -0.25) is 9.78 Å². The highest BCUT2D eigenvalue weighted by molar-refractivity contribution is 5.95. The summed E-state index contributed by atoms with van der Waals surface area (Å²) in [5.41, 5.74) is 0.401. The number of rotatable bonds is 2. The number of likely N-dealkylation sites (tertiary alicyclic amines) is 1. The van der Waals surface area contributed by atoms with Crippen LogP contribution in [-0.4, -0.2) is 39.1 Å². The Morgan fingerprint density at radius 1 is 1.45 bits per heavy atom. The van der Waals surface area contributed by atoms with Crippen LogP contribution in [-0.2, 0) is 0 Å². The Balaban J connectivity index is 1.81. The molecule has 1 atom stereocenters. The van der Waals surface area contributed by atoms with Crippen molar-refractivity contribution in [1.82, 2.24) is 20.1 Å². The molecule has 1 aromatic carbocycles. The third-order valence-corrected chi connectivity index (χ3v) is 4.11. The van der Waals surface area contributed by atoms with Gasteiger partial charge in [0.05, 0.1) is 0 Å². The molecule has 2 heterocycles. The number of nitrogens with one attached hydrogen (secondary N) is 2. The van der Waals surface area contributed by atoms with Crippen LogP contribution in [0.1, 0.15) is 40.5 Å². The van der Waals surface area contributed by atoms with E-state index in [1.165, 1.54) is 6.07 Å². The fraction of sp³-hybridized carbons (Fsp3) is 0.400. The topological polar surface area (TPSA) is 81.8 Å². The van der Waals surface area contributed by atoms with Gasteiger partial charge in [0.1, 0.15) is 11.6 Å². The molecule has 116 valence electrons. The molecule has 0 aliphatic carbocycles. The van der Waals surface area contributed by atoms with E-state index >= 15 is 0 Å². The minimum absolute atomic E-state index is 0.00878. The van der Waals surface area contributed by atoms with E-state index in [9.17, 15) is 14.0 Å². The summed E-state index contributed by atoms with van der Waals surface area (Å²) in [6.07, 6.45) is 1.67. The number of carbonyl (C=O) groups is 1. The van der Waals surface area contributed by atoms with Crippen LogP contribution in [0.25, 0.3) is 0 Å². The molecule has 22 heavy (non-hydrogen) atoms. The fourth-order valence-corrected chi connectivity index (χ4v) is 2.87. The molecule has 7 heteroatoms. The van der Waals surface area contributed by atoms with Gasteiger partial charge in [-0.05, 0) is 37.5 Å². The van der Waals surface area contributed by atoms with Crippen molar-refractivity contribution in [2.75, 3.05) is 13.1 Å². The first-order valence-corrected chi connectivity index (χ1v) is 7.25. The molecule has 1 unspecified atom stereocenters. The molecular weight excluding hydrogens is 287 g/mol. The summed E-state index contributed by atoms with van der Waals surface area (Å²) in [5, 5.41) is 6.29. The summed E-state index contributed by atoms with van der Waals surface area (Å²) in [6, 6.07) is 4.53. The van der Waals surface area contributed by atoms with Gasteiger partial charge < -0.3 is 4.90 Å². The number of aromatic nitrogens is 3. The lowest BCUT2D eigenvalue weighted by atomic mass is 9.96. The van der Waals surface area contributed by atoms with Crippen molar-refractivity contribution in [3.63, 3.8) is 0 Å².